The van der Waals surface area contributed by atoms with Crippen molar-refractivity contribution in [3.63, 3.8) is 0 Å². The Morgan fingerprint density at radius 2 is 1.77 bits per heavy atom. The van der Waals surface area contributed by atoms with E-state index in [0.29, 0.717) is 28.6 Å². The van der Waals surface area contributed by atoms with Crippen LogP contribution >= 0.6 is 11.3 Å². The van der Waals surface area contributed by atoms with Crippen LogP contribution in [0.4, 0.5) is 5.13 Å². The van der Waals surface area contributed by atoms with Crippen LogP contribution in [0.5, 0.6) is 5.75 Å². The van der Waals surface area contributed by atoms with Crippen LogP contribution in [-0.4, -0.2) is 28.4 Å². The van der Waals surface area contributed by atoms with E-state index in [9.17, 15) is 14.7 Å². The van der Waals surface area contributed by atoms with Gasteiger partial charge in [-0.05, 0) is 67.8 Å². The van der Waals surface area contributed by atoms with Gasteiger partial charge in [-0.25, -0.2) is 4.98 Å². The van der Waals surface area contributed by atoms with Gasteiger partial charge in [0.25, 0.3) is 5.78 Å². The average Bonchev–Trinajstić information content (AvgIpc) is 3.38. The first kappa shape index (κ1) is 22.8. The first-order chi connectivity index (χ1) is 16.9. The summed E-state index contributed by atoms with van der Waals surface area (Å²) in [4.78, 5) is 32.9. The second-order valence-electron chi connectivity index (χ2n) is 8.46. The van der Waals surface area contributed by atoms with E-state index >= 15 is 0 Å². The van der Waals surface area contributed by atoms with Gasteiger partial charge in [0.05, 0.1) is 28.4 Å². The third-order valence-corrected chi connectivity index (χ3v) is 7.02. The van der Waals surface area contributed by atoms with Gasteiger partial charge in [0, 0.05) is 5.56 Å². The van der Waals surface area contributed by atoms with Gasteiger partial charge in [-0.1, -0.05) is 47.7 Å². The molecule has 1 N–H and O–H groups in total. The summed E-state index contributed by atoms with van der Waals surface area (Å²) in [6.45, 7) is 6.40. The molecule has 0 aliphatic carbocycles. The van der Waals surface area contributed by atoms with Crippen LogP contribution in [0, 0.1) is 13.8 Å². The van der Waals surface area contributed by atoms with Crippen LogP contribution in [0.3, 0.4) is 0 Å². The van der Waals surface area contributed by atoms with Gasteiger partial charge in [0.1, 0.15) is 11.5 Å². The number of carbonyl (C=O) groups excluding carboxylic acids is 2. The molecule has 1 amide bonds. The molecule has 1 aromatic heterocycles. The number of carbonyl (C=O) groups is 2. The molecule has 0 saturated carbocycles. The molecule has 4 aromatic rings. The number of hydrogen-bond acceptors (Lipinski definition) is 6. The molecule has 6 nitrogen and oxygen atoms in total. The maximum Gasteiger partial charge on any atom is 0.301 e. The Kier molecular flexibility index (Phi) is 5.86. The predicted octanol–water partition coefficient (Wildman–Crippen LogP) is 5.94. The SMILES string of the molecule is CCOc1ccc(C(O)=C2C(=O)C(=O)N(c3nc4c(C)cc(C)cc4s3)[C@@H]2c2ccccc2)cc1. The van der Waals surface area contributed by atoms with Crippen LogP contribution < -0.4 is 9.64 Å². The maximum absolute atomic E-state index is 13.4. The Hall–Kier alpha value is -3.97. The zero-order valence-electron chi connectivity index (χ0n) is 19.6. The highest BCUT2D eigenvalue weighted by molar-refractivity contribution is 7.22. The number of fused-ring (bicyclic) bond motifs is 1. The van der Waals surface area contributed by atoms with Gasteiger partial charge < -0.3 is 9.84 Å². The number of hydrogen-bond donors (Lipinski definition) is 1. The molecule has 0 radical (unpaired) electrons. The van der Waals surface area contributed by atoms with E-state index in [2.05, 4.69) is 0 Å². The van der Waals surface area contributed by atoms with E-state index in [0.717, 1.165) is 21.3 Å². The lowest BCUT2D eigenvalue weighted by Gasteiger charge is -2.22. The number of aliphatic hydroxyl groups excluding tert-OH is 1. The predicted molar refractivity (Wildman–Crippen MR) is 138 cm³/mol. The molecule has 35 heavy (non-hydrogen) atoms. The van der Waals surface area contributed by atoms with Crippen molar-refractivity contribution in [1.82, 2.24) is 4.98 Å². The number of nitrogens with zero attached hydrogens (tertiary/aromatic N) is 2. The number of aliphatic hydroxyl groups is 1. The van der Waals surface area contributed by atoms with Crippen molar-refractivity contribution in [2.24, 2.45) is 0 Å². The second kappa shape index (κ2) is 9.00. The van der Waals surface area contributed by atoms with Crippen LogP contribution in [0.15, 0.2) is 72.3 Å². The molecule has 1 atom stereocenters. The molecule has 1 fully saturated rings. The number of anilines is 1. The quantitative estimate of drug-likeness (QED) is 0.215. The van der Waals surface area contributed by atoms with Gasteiger partial charge >= 0.3 is 5.91 Å². The van der Waals surface area contributed by atoms with Crippen molar-refractivity contribution in [3.8, 4) is 5.75 Å². The molecule has 3 aromatic carbocycles. The van der Waals surface area contributed by atoms with E-state index in [1.165, 1.54) is 16.2 Å². The van der Waals surface area contributed by atoms with Gasteiger partial charge in [-0.2, -0.15) is 0 Å². The zero-order chi connectivity index (χ0) is 24.7. The van der Waals surface area contributed by atoms with Crippen LogP contribution in [-0.2, 0) is 9.59 Å². The molecule has 5 rings (SSSR count). The molecular weight excluding hydrogens is 460 g/mol. The third kappa shape index (κ3) is 3.98. The van der Waals surface area contributed by atoms with E-state index in [1.807, 2.05) is 63.2 Å². The van der Waals surface area contributed by atoms with Gasteiger partial charge in [0.2, 0.25) is 0 Å². The molecule has 176 valence electrons. The third-order valence-electron chi connectivity index (χ3n) is 6.02. The maximum atomic E-state index is 13.4. The largest absolute Gasteiger partial charge is 0.507 e. The molecule has 1 aliphatic heterocycles. The molecule has 0 bridgehead atoms. The lowest BCUT2D eigenvalue weighted by atomic mass is 9.95. The summed E-state index contributed by atoms with van der Waals surface area (Å²) in [5, 5.41) is 11.7. The molecule has 1 aliphatic rings. The summed E-state index contributed by atoms with van der Waals surface area (Å²) in [6, 6.07) is 19.3. The van der Waals surface area contributed by atoms with Crippen molar-refractivity contribution >= 4 is 44.1 Å². The normalized spacial score (nSPS) is 17.3. The average molecular weight is 485 g/mol. The highest BCUT2D eigenvalue weighted by Crippen LogP contribution is 2.44. The highest BCUT2D eigenvalue weighted by atomic mass is 32.1. The minimum absolute atomic E-state index is 0.0394. The summed E-state index contributed by atoms with van der Waals surface area (Å²) in [6.07, 6.45) is 0. The minimum atomic E-state index is -0.801. The Balaban J connectivity index is 1.68. The summed E-state index contributed by atoms with van der Waals surface area (Å²) >= 11 is 1.37. The highest BCUT2D eigenvalue weighted by Gasteiger charge is 2.48. The first-order valence-electron chi connectivity index (χ1n) is 11.4. The molecule has 7 heteroatoms. The number of thiazole rings is 1. The number of benzene rings is 3. The van der Waals surface area contributed by atoms with Crippen molar-refractivity contribution in [3.05, 3.63) is 94.6 Å². The van der Waals surface area contributed by atoms with Crippen LogP contribution in [0.1, 0.15) is 35.2 Å². The molecule has 1 saturated heterocycles. The molecule has 2 heterocycles. The number of rotatable bonds is 5. The number of ketones is 1. The monoisotopic (exact) mass is 484 g/mol. The molecule has 0 unspecified atom stereocenters. The minimum Gasteiger partial charge on any atom is -0.507 e. The Bertz CT molecular complexity index is 1470. The van der Waals surface area contributed by atoms with Crippen molar-refractivity contribution in [2.75, 3.05) is 11.5 Å². The topological polar surface area (TPSA) is 79.7 Å². The van der Waals surface area contributed by atoms with Crippen LogP contribution in [0.2, 0.25) is 0 Å². The van der Waals surface area contributed by atoms with Crippen LogP contribution in [0.25, 0.3) is 16.0 Å². The van der Waals surface area contributed by atoms with Crippen molar-refractivity contribution < 1.29 is 19.4 Å². The number of amides is 1. The number of Topliss-reactive ketones (excluding diaryl/α,β-unsaturated/α-hetero) is 1. The molecular formula is C28H24N2O4S. The fourth-order valence-electron chi connectivity index (χ4n) is 4.47. The van der Waals surface area contributed by atoms with Gasteiger partial charge in [-0.3, -0.25) is 14.5 Å². The van der Waals surface area contributed by atoms with Crippen molar-refractivity contribution in [2.45, 2.75) is 26.8 Å². The summed E-state index contributed by atoms with van der Waals surface area (Å²) in [5.74, 6) is -1.02. The number of aromatic nitrogens is 1. The van der Waals surface area contributed by atoms with E-state index in [4.69, 9.17) is 9.72 Å². The number of ether oxygens (including phenoxy) is 1. The lowest BCUT2D eigenvalue weighted by molar-refractivity contribution is -0.132. The smallest absolute Gasteiger partial charge is 0.301 e. The summed E-state index contributed by atoms with van der Waals surface area (Å²) < 4.78 is 6.42. The lowest BCUT2D eigenvalue weighted by Crippen LogP contribution is -2.29. The molecule has 0 spiro atoms. The fourth-order valence-corrected chi connectivity index (χ4v) is 5.64. The van der Waals surface area contributed by atoms with E-state index in [1.54, 1.807) is 24.3 Å². The van der Waals surface area contributed by atoms with Crippen molar-refractivity contribution in [1.29, 1.82) is 0 Å². The van der Waals surface area contributed by atoms with Gasteiger partial charge in [0.15, 0.2) is 5.13 Å². The van der Waals surface area contributed by atoms with Gasteiger partial charge in [-0.15, -0.1) is 0 Å². The second-order valence-corrected chi connectivity index (χ2v) is 9.47. The Morgan fingerprint density at radius 1 is 1.06 bits per heavy atom. The standard InChI is InChI=1S/C28H24N2O4S/c1-4-34-20-12-10-19(11-13-20)25(31)22-24(18-8-6-5-7-9-18)30(27(33)26(22)32)28-29-23-17(3)14-16(2)15-21(23)35-28/h5-15,24,31H,4H2,1-3H3/t24-/m1/s1. The summed E-state index contributed by atoms with van der Waals surface area (Å²) in [5.41, 5.74) is 4.09. The number of aryl methyl sites for hydroxylation is 2. The Labute approximate surface area is 207 Å². The summed E-state index contributed by atoms with van der Waals surface area (Å²) in [7, 11) is 0. The van der Waals surface area contributed by atoms with E-state index < -0.39 is 17.7 Å². The zero-order valence-corrected chi connectivity index (χ0v) is 20.4. The Morgan fingerprint density at radius 3 is 2.46 bits per heavy atom. The first-order valence-corrected chi connectivity index (χ1v) is 12.2. The fraction of sp³-hybridized carbons (Fsp3) is 0.179. The van der Waals surface area contributed by atoms with E-state index in [-0.39, 0.29) is 11.3 Å².